The Hall–Kier alpha value is -2.30. The van der Waals surface area contributed by atoms with Crippen molar-refractivity contribution in [3.63, 3.8) is 0 Å². The van der Waals surface area contributed by atoms with Crippen molar-refractivity contribution in [2.75, 3.05) is 0 Å². The van der Waals surface area contributed by atoms with E-state index in [0.29, 0.717) is 17.4 Å². The van der Waals surface area contributed by atoms with E-state index in [9.17, 15) is 18.0 Å². The maximum Gasteiger partial charge on any atom is 0.387 e. The molecule has 98 valence electrons. The molecule has 2 aromatic carbocycles. The second kappa shape index (κ2) is 5.56. The fourth-order valence-electron chi connectivity index (χ4n) is 1.70. The van der Waals surface area contributed by atoms with Gasteiger partial charge in [-0.25, -0.2) is 4.39 Å². The Kier molecular flexibility index (Phi) is 3.85. The van der Waals surface area contributed by atoms with Crippen molar-refractivity contribution in [3.05, 3.63) is 53.8 Å². The highest BCUT2D eigenvalue weighted by molar-refractivity contribution is 5.81. The van der Waals surface area contributed by atoms with Gasteiger partial charge in [0.05, 0.1) is 0 Å². The summed E-state index contributed by atoms with van der Waals surface area (Å²) in [6.45, 7) is -2.99. The number of hydrogen-bond donors (Lipinski definition) is 0. The smallest absolute Gasteiger partial charge is 0.387 e. The van der Waals surface area contributed by atoms with Crippen LogP contribution >= 0.6 is 0 Å². The van der Waals surface area contributed by atoms with Crippen LogP contribution in [0.25, 0.3) is 11.1 Å². The van der Waals surface area contributed by atoms with Crippen molar-refractivity contribution in [3.8, 4) is 16.9 Å². The van der Waals surface area contributed by atoms with Gasteiger partial charge in [0.15, 0.2) is 0 Å². The molecule has 19 heavy (non-hydrogen) atoms. The van der Waals surface area contributed by atoms with Crippen LogP contribution in [-0.2, 0) is 0 Å². The molecule has 0 amide bonds. The van der Waals surface area contributed by atoms with Gasteiger partial charge in [-0.05, 0) is 35.9 Å². The maximum absolute atomic E-state index is 13.2. The van der Waals surface area contributed by atoms with Crippen LogP contribution in [-0.4, -0.2) is 12.9 Å². The zero-order valence-electron chi connectivity index (χ0n) is 9.65. The molecule has 5 heteroatoms. The van der Waals surface area contributed by atoms with Gasteiger partial charge in [-0.2, -0.15) is 8.78 Å². The first kappa shape index (κ1) is 13.1. The van der Waals surface area contributed by atoms with Crippen LogP contribution in [0.3, 0.4) is 0 Å². The van der Waals surface area contributed by atoms with Gasteiger partial charge in [-0.1, -0.05) is 12.1 Å². The van der Waals surface area contributed by atoms with E-state index in [0.717, 1.165) is 0 Å². The zero-order chi connectivity index (χ0) is 13.8. The van der Waals surface area contributed by atoms with E-state index in [4.69, 9.17) is 0 Å². The Morgan fingerprint density at radius 1 is 1.11 bits per heavy atom. The second-order valence-electron chi connectivity index (χ2n) is 3.76. The number of rotatable bonds is 4. The fraction of sp³-hybridized carbons (Fsp3) is 0.0714. The molecule has 0 N–H and O–H groups in total. The van der Waals surface area contributed by atoms with Crippen molar-refractivity contribution in [1.29, 1.82) is 0 Å². The molecule has 2 rings (SSSR count). The number of halogens is 3. The molecule has 0 heterocycles. The van der Waals surface area contributed by atoms with Crippen LogP contribution in [0, 0.1) is 5.82 Å². The van der Waals surface area contributed by atoms with E-state index in [-0.39, 0.29) is 11.3 Å². The minimum atomic E-state index is -2.99. The Morgan fingerprint density at radius 3 is 2.53 bits per heavy atom. The Bertz CT molecular complexity index is 597. The van der Waals surface area contributed by atoms with Gasteiger partial charge in [-0.15, -0.1) is 0 Å². The predicted octanol–water partition coefficient (Wildman–Crippen LogP) is 3.91. The summed E-state index contributed by atoms with van der Waals surface area (Å²) in [5.41, 5.74) is 0.893. The lowest BCUT2D eigenvalue weighted by Gasteiger charge is -2.11. The highest BCUT2D eigenvalue weighted by Crippen LogP contribution is 2.32. The molecule has 0 saturated carbocycles. The number of alkyl halides is 2. The third kappa shape index (κ3) is 3.13. The summed E-state index contributed by atoms with van der Waals surface area (Å²) >= 11 is 0. The molecule has 0 aliphatic rings. The molecule has 0 fully saturated rings. The van der Waals surface area contributed by atoms with Crippen LogP contribution in [0.1, 0.15) is 10.4 Å². The minimum Gasteiger partial charge on any atom is -0.434 e. The number of benzene rings is 2. The molecule has 0 saturated heterocycles. The van der Waals surface area contributed by atoms with Gasteiger partial charge in [0.2, 0.25) is 0 Å². The van der Waals surface area contributed by atoms with Crippen molar-refractivity contribution in [1.82, 2.24) is 0 Å². The molecule has 0 aliphatic carbocycles. The number of hydrogen-bond acceptors (Lipinski definition) is 2. The summed E-state index contributed by atoms with van der Waals surface area (Å²) < 4.78 is 42.2. The minimum absolute atomic E-state index is 0.105. The monoisotopic (exact) mass is 266 g/mol. The third-order valence-corrected chi connectivity index (χ3v) is 2.49. The summed E-state index contributed by atoms with van der Waals surface area (Å²) in [5, 5.41) is 0. The predicted molar refractivity (Wildman–Crippen MR) is 63.9 cm³/mol. The standard InChI is InChI=1S/C14H9F3O2/c15-11-3-1-2-10(7-11)12-6-9(8-18)4-5-13(12)19-14(16)17/h1-8,14H. The molecule has 2 nitrogen and oxygen atoms in total. The lowest BCUT2D eigenvalue weighted by atomic mass is 10.0. The van der Waals surface area contributed by atoms with Gasteiger partial charge in [-0.3, -0.25) is 4.79 Å². The Morgan fingerprint density at radius 2 is 1.89 bits per heavy atom. The third-order valence-electron chi connectivity index (χ3n) is 2.49. The van der Waals surface area contributed by atoms with Gasteiger partial charge in [0.25, 0.3) is 0 Å². The molecule has 0 bridgehead atoms. The fourth-order valence-corrected chi connectivity index (χ4v) is 1.70. The molecule has 0 unspecified atom stereocenters. The van der Waals surface area contributed by atoms with Crippen molar-refractivity contribution >= 4 is 6.29 Å². The summed E-state index contributed by atoms with van der Waals surface area (Å²) in [6.07, 6.45) is 0.578. The quantitative estimate of drug-likeness (QED) is 0.784. The van der Waals surface area contributed by atoms with E-state index >= 15 is 0 Å². The van der Waals surface area contributed by atoms with Crippen LogP contribution in [0.15, 0.2) is 42.5 Å². The first-order chi connectivity index (χ1) is 9.10. The lowest BCUT2D eigenvalue weighted by molar-refractivity contribution is -0.0494. The highest BCUT2D eigenvalue weighted by Gasteiger charge is 2.12. The van der Waals surface area contributed by atoms with Crippen molar-refractivity contribution in [2.24, 2.45) is 0 Å². The largest absolute Gasteiger partial charge is 0.434 e. The SMILES string of the molecule is O=Cc1ccc(OC(F)F)c(-c2cccc(F)c2)c1. The van der Waals surface area contributed by atoms with Crippen LogP contribution in [0.2, 0.25) is 0 Å². The van der Waals surface area contributed by atoms with E-state index in [1.165, 1.54) is 36.4 Å². The molecule has 0 atom stereocenters. The topological polar surface area (TPSA) is 26.3 Å². The highest BCUT2D eigenvalue weighted by atomic mass is 19.3. The second-order valence-corrected chi connectivity index (χ2v) is 3.76. The summed E-state index contributed by atoms with van der Waals surface area (Å²) in [5.74, 6) is -0.608. The van der Waals surface area contributed by atoms with Gasteiger partial charge in [0, 0.05) is 11.1 Å². The molecule has 2 aromatic rings. The van der Waals surface area contributed by atoms with Gasteiger partial charge < -0.3 is 4.74 Å². The molecular weight excluding hydrogens is 257 g/mol. The number of aldehydes is 1. The van der Waals surface area contributed by atoms with E-state index in [1.807, 2.05) is 0 Å². The van der Waals surface area contributed by atoms with Gasteiger partial charge >= 0.3 is 6.61 Å². The zero-order valence-corrected chi connectivity index (χ0v) is 9.65. The maximum atomic E-state index is 13.2. The van der Waals surface area contributed by atoms with Gasteiger partial charge in [0.1, 0.15) is 17.9 Å². The average Bonchev–Trinajstić information content (AvgIpc) is 2.38. The van der Waals surface area contributed by atoms with Crippen LogP contribution < -0.4 is 4.74 Å². The van der Waals surface area contributed by atoms with E-state index < -0.39 is 12.4 Å². The summed E-state index contributed by atoms with van der Waals surface area (Å²) in [7, 11) is 0. The van der Waals surface area contributed by atoms with Crippen LogP contribution in [0.5, 0.6) is 5.75 Å². The first-order valence-corrected chi connectivity index (χ1v) is 5.40. The number of carbonyl (C=O) groups is 1. The van der Waals surface area contributed by atoms with Crippen molar-refractivity contribution < 1.29 is 22.7 Å². The van der Waals surface area contributed by atoms with Crippen LogP contribution in [0.4, 0.5) is 13.2 Å². The Labute approximate surface area is 107 Å². The van der Waals surface area contributed by atoms with E-state index in [1.54, 1.807) is 6.07 Å². The summed E-state index contributed by atoms with van der Waals surface area (Å²) in [4.78, 5) is 10.7. The normalized spacial score (nSPS) is 10.5. The molecule has 0 aliphatic heterocycles. The summed E-state index contributed by atoms with van der Waals surface area (Å²) in [6, 6.07) is 9.40. The van der Waals surface area contributed by atoms with Crippen molar-refractivity contribution in [2.45, 2.75) is 6.61 Å². The molecule has 0 aromatic heterocycles. The van der Waals surface area contributed by atoms with E-state index in [2.05, 4.69) is 4.74 Å². The number of ether oxygens (including phenoxy) is 1. The Balaban J connectivity index is 2.54. The molecule has 0 spiro atoms. The lowest BCUT2D eigenvalue weighted by Crippen LogP contribution is -2.03. The first-order valence-electron chi connectivity index (χ1n) is 5.40. The average molecular weight is 266 g/mol. The molecule has 0 radical (unpaired) electrons. The number of carbonyl (C=O) groups excluding carboxylic acids is 1. The molecular formula is C14H9F3O2.